The maximum atomic E-state index is 7.26. The van der Waals surface area contributed by atoms with Gasteiger partial charge in [-0.25, -0.2) is 9.98 Å². The maximum absolute atomic E-state index is 7.26. The van der Waals surface area contributed by atoms with Crippen LogP contribution in [0.15, 0.2) is 21.9 Å². The first-order chi connectivity index (χ1) is 5.27. The Balaban J connectivity index is 2.93. The zero-order valence-corrected chi connectivity index (χ0v) is 6.33. The number of nitrogens with two attached hydrogens (primary N) is 1. The van der Waals surface area contributed by atoms with Gasteiger partial charge in [-0.2, -0.15) is 0 Å². The van der Waals surface area contributed by atoms with Crippen LogP contribution in [0.1, 0.15) is 13.3 Å². The Hall–Kier alpha value is -1.45. The average molecular weight is 150 g/mol. The van der Waals surface area contributed by atoms with Gasteiger partial charge in [0, 0.05) is 6.20 Å². The van der Waals surface area contributed by atoms with Gasteiger partial charge in [0.15, 0.2) is 5.84 Å². The summed E-state index contributed by atoms with van der Waals surface area (Å²) in [4.78, 5) is 7.89. The molecule has 4 nitrogen and oxygen atoms in total. The highest BCUT2D eigenvalue weighted by molar-refractivity contribution is 6.35. The minimum atomic E-state index is 0.129. The summed E-state index contributed by atoms with van der Waals surface area (Å²) >= 11 is 0. The summed E-state index contributed by atoms with van der Waals surface area (Å²) < 4.78 is 0. The van der Waals surface area contributed by atoms with Crippen LogP contribution in [0.4, 0.5) is 0 Å². The number of nitrogens with one attached hydrogen (secondary N) is 1. The summed E-state index contributed by atoms with van der Waals surface area (Å²) in [6.45, 7) is 1.98. The molecule has 0 spiro atoms. The summed E-state index contributed by atoms with van der Waals surface area (Å²) in [5.74, 6) is 0.129. The van der Waals surface area contributed by atoms with Crippen molar-refractivity contribution in [2.75, 3.05) is 0 Å². The van der Waals surface area contributed by atoms with Gasteiger partial charge < -0.3 is 5.73 Å². The Morgan fingerprint density at radius 1 is 1.73 bits per heavy atom. The highest BCUT2D eigenvalue weighted by Gasteiger charge is 2.07. The molecule has 0 aromatic heterocycles. The first-order valence-corrected chi connectivity index (χ1v) is 3.40. The Morgan fingerprint density at radius 2 is 2.45 bits per heavy atom. The van der Waals surface area contributed by atoms with Crippen molar-refractivity contribution in [3.63, 3.8) is 0 Å². The molecule has 11 heavy (non-hydrogen) atoms. The van der Waals surface area contributed by atoms with Crippen LogP contribution >= 0.6 is 0 Å². The number of aliphatic imine (C=N–C) groups is 2. The van der Waals surface area contributed by atoms with E-state index in [0.717, 1.165) is 12.1 Å². The Morgan fingerprint density at radius 3 is 3.00 bits per heavy atom. The zero-order valence-electron chi connectivity index (χ0n) is 6.33. The molecule has 0 saturated carbocycles. The van der Waals surface area contributed by atoms with E-state index in [-0.39, 0.29) is 5.84 Å². The molecule has 0 amide bonds. The molecule has 0 bridgehead atoms. The van der Waals surface area contributed by atoms with Crippen molar-refractivity contribution >= 4 is 17.8 Å². The first kappa shape index (κ1) is 7.65. The molecule has 0 unspecified atom stereocenters. The molecule has 0 aliphatic carbocycles. The second-order valence-electron chi connectivity index (χ2n) is 2.12. The van der Waals surface area contributed by atoms with Crippen LogP contribution in [-0.4, -0.2) is 17.8 Å². The molecule has 1 aliphatic heterocycles. The SMILES string of the molecule is CCC1=N/C(=C/N)C(=N)N=C1. The van der Waals surface area contributed by atoms with Crippen molar-refractivity contribution in [1.82, 2.24) is 0 Å². The fraction of sp³-hybridized carbons (Fsp3) is 0.286. The van der Waals surface area contributed by atoms with Crippen LogP contribution in [0, 0.1) is 5.41 Å². The topological polar surface area (TPSA) is 74.6 Å². The van der Waals surface area contributed by atoms with Gasteiger partial charge in [-0.1, -0.05) is 6.92 Å². The third-order valence-corrected chi connectivity index (χ3v) is 1.37. The van der Waals surface area contributed by atoms with Crippen molar-refractivity contribution < 1.29 is 0 Å². The third kappa shape index (κ3) is 1.52. The molecule has 0 aromatic rings. The second kappa shape index (κ2) is 3.09. The minimum absolute atomic E-state index is 0.129. The van der Waals surface area contributed by atoms with Crippen LogP contribution in [-0.2, 0) is 0 Å². The molecule has 1 heterocycles. The van der Waals surface area contributed by atoms with Gasteiger partial charge in [0.1, 0.15) is 5.70 Å². The summed E-state index contributed by atoms with van der Waals surface area (Å²) in [5, 5.41) is 7.26. The molecular weight excluding hydrogens is 140 g/mol. The Bertz CT molecular complexity index is 260. The lowest BCUT2D eigenvalue weighted by Gasteiger charge is -2.05. The zero-order chi connectivity index (χ0) is 8.27. The number of amidine groups is 1. The molecule has 4 heteroatoms. The van der Waals surface area contributed by atoms with Crippen LogP contribution < -0.4 is 5.73 Å². The molecule has 0 atom stereocenters. The van der Waals surface area contributed by atoms with Crippen LogP contribution in [0.25, 0.3) is 0 Å². The molecule has 0 fully saturated rings. The van der Waals surface area contributed by atoms with Gasteiger partial charge in [0.2, 0.25) is 0 Å². The van der Waals surface area contributed by atoms with Crippen molar-refractivity contribution in [3.8, 4) is 0 Å². The summed E-state index contributed by atoms with van der Waals surface area (Å²) in [7, 11) is 0. The number of nitrogens with zero attached hydrogens (tertiary/aromatic N) is 2. The van der Waals surface area contributed by atoms with E-state index < -0.39 is 0 Å². The highest BCUT2D eigenvalue weighted by atomic mass is 15.0. The molecule has 0 saturated heterocycles. The minimum Gasteiger partial charge on any atom is -0.403 e. The van der Waals surface area contributed by atoms with Gasteiger partial charge in [0.05, 0.1) is 11.9 Å². The molecular formula is C7H10N4. The third-order valence-electron chi connectivity index (χ3n) is 1.37. The number of hydrogen-bond acceptors (Lipinski definition) is 3. The van der Waals surface area contributed by atoms with Gasteiger partial charge in [-0.15, -0.1) is 0 Å². The average Bonchev–Trinajstić information content (AvgIpc) is 2.05. The van der Waals surface area contributed by atoms with Crippen molar-refractivity contribution in [2.24, 2.45) is 15.7 Å². The van der Waals surface area contributed by atoms with E-state index in [2.05, 4.69) is 9.98 Å². The van der Waals surface area contributed by atoms with Crippen molar-refractivity contribution in [1.29, 1.82) is 5.41 Å². The highest BCUT2D eigenvalue weighted by Crippen LogP contribution is 2.04. The lowest BCUT2D eigenvalue weighted by Crippen LogP contribution is -2.11. The smallest absolute Gasteiger partial charge is 0.172 e. The monoisotopic (exact) mass is 150 g/mol. The molecule has 1 rings (SSSR count). The van der Waals surface area contributed by atoms with Gasteiger partial charge in [0.25, 0.3) is 0 Å². The van der Waals surface area contributed by atoms with Gasteiger partial charge in [-0.05, 0) is 6.42 Å². The predicted octanol–water partition coefficient (Wildman–Crippen LogP) is 0.699. The molecule has 0 radical (unpaired) electrons. The van der Waals surface area contributed by atoms with Crippen LogP contribution in [0.2, 0.25) is 0 Å². The van der Waals surface area contributed by atoms with E-state index in [0.29, 0.717) is 5.70 Å². The van der Waals surface area contributed by atoms with Crippen molar-refractivity contribution in [3.05, 3.63) is 11.9 Å². The van der Waals surface area contributed by atoms with E-state index in [4.69, 9.17) is 11.1 Å². The lowest BCUT2D eigenvalue weighted by atomic mass is 10.2. The second-order valence-corrected chi connectivity index (χ2v) is 2.12. The lowest BCUT2D eigenvalue weighted by molar-refractivity contribution is 1.24. The van der Waals surface area contributed by atoms with E-state index in [1.165, 1.54) is 6.20 Å². The Labute approximate surface area is 65.0 Å². The summed E-state index contributed by atoms with van der Waals surface area (Å²) in [6, 6.07) is 0. The normalized spacial score (nSPS) is 20.6. The van der Waals surface area contributed by atoms with Gasteiger partial charge in [-0.3, -0.25) is 5.41 Å². The quantitative estimate of drug-likeness (QED) is 0.567. The van der Waals surface area contributed by atoms with E-state index in [1.807, 2.05) is 6.92 Å². The van der Waals surface area contributed by atoms with Gasteiger partial charge >= 0.3 is 0 Å². The van der Waals surface area contributed by atoms with Crippen molar-refractivity contribution in [2.45, 2.75) is 13.3 Å². The maximum Gasteiger partial charge on any atom is 0.172 e. The van der Waals surface area contributed by atoms with Crippen LogP contribution in [0.5, 0.6) is 0 Å². The molecule has 1 aliphatic rings. The first-order valence-electron chi connectivity index (χ1n) is 3.40. The van der Waals surface area contributed by atoms with E-state index in [9.17, 15) is 0 Å². The van der Waals surface area contributed by atoms with E-state index in [1.54, 1.807) is 6.21 Å². The molecule has 58 valence electrons. The standard InChI is InChI=1S/C7H10N4/c1-2-5-4-10-7(9)6(3-8)11-5/h3-4,9H,2,8H2,1H3/b6-3+,9-7?. The fourth-order valence-electron chi connectivity index (χ4n) is 0.728. The number of hydrogen-bond donors (Lipinski definition) is 2. The summed E-state index contributed by atoms with van der Waals surface area (Å²) in [6.07, 6.45) is 3.71. The molecule has 3 N–H and O–H groups in total. The van der Waals surface area contributed by atoms with Crippen LogP contribution in [0.3, 0.4) is 0 Å². The molecule has 0 aromatic carbocycles. The number of rotatable bonds is 1. The predicted molar refractivity (Wildman–Crippen MR) is 46.2 cm³/mol. The fourth-order valence-corrected chi connectivity index (χ4v) is 0.728. The van der Waals surface area contributed by atoms with E-state index >= 15 is 0 Å². The Kier molecular flexibility index (Phi) is 2.15. The summed E-state index contributed by atoms with van der Waals surface area (Å²) in [5.41, 5.74) is 6.53. The largest absolute Gasteiger partial charge is 0.403 e.